The van der Waals surface area contributed by atoms with E-state index in [0.717, 1.165) is 10.9 Å². The Labute approximate surface area is 110 Å². The molecule has 4 N–H and O–H groups in total. The minimum absolute atomic E-state index is 0.621. The van der Waals surface area contributed by atoms with Gasteiger partial charge in [-0.05, 0) is 9.91 Å². The monoisotopic (exact) mass is 290 g/mol. The number of nitro groups is 1. The number of aromatic nitrogens is 2. The van der Waals surface area contributed by atoms with Crippen LogP contribution in [-0.4, -0.2) is 55.6 Å². The average molecular weight is 290 g/mol. The van der Waals surface area contributed by atoms with E-state index < -0.39 is 53.6 Å². The first-order valence-electron chi connectivity index (χ1n) is 5.48. The summed E-state index contributed by atoms with van der Waals surface area (Å²) in [6.45, 7) is -0.697. The van der Waals surface area contributed by atoms with E-state index in [-0.39, 0.29) is 0 Å². The molecule has 1 aliphatic heterocycles. The summed E-state index contributed by atoms with van der Waals surface area (Å²) >= 11 is 0. The standard InChI is InChI=1S/C9H11FN4O6/c10-4-3(1-15)20-9(6(4)16)13-2-12-8(14(18)19)5(13)7(11)17/h2-4,6,9,15-16H,1H2,(H2,11,17). The van der Waals surface area contributed by atoms with E-state index in [1.54, 1.807) is 0 Å². The van der Waals surface area contributed by atoms with Gasteiger partial charge in [0.2, 0.25) is 12.0 Å². The van der Waals surface area contributed by atoms with Gasteiger partial charge in [0.05, 0.1) is 6.61 Å². The molecule has 20 heavy (non-hydrogen) atoms. The van der Waals surface area contributed by atoms with Gasteiger partial charge in [-0.15, -0.1) is 0 Å². The van der Waals surface area contributed by atoms with Gasteiger partial charge in [0, 0.05) is 0 Å². The number of imidazole rings is 1. The number of hydrogen-bond donors (Lipinski definition) is 3. The van der Waals surface area contributed by atoms with Crippen LogP contribution in [0.4, 0.5) is 10.2 Å². The number of nitrogens with two attached hydrogens (primary N) is 1. The van der Waals surface area contributed by atoms with Crippen LogP contribution < -0.4 is 5.73 Å². The highest BCUT2D eigenvalue weighted by Crippen LogP contribution is 2.33. The maximum absolute atomic E-state index is 13.6. The molecule has 0 aromatic carbocycles. The van der Waals surface area contributed by atoms with Crippen LogP contribution in [0.25, 0.3) is 0 Å². The quantitative estimate of drug-likeness (QED) is 0.449. The highest BCUT2D eigenvalue weighted by atomic mass is 19.1. The number of carbonyl (C=O) groups excluding carboxylic acids is 1. The largest absolute Gasteiger partial charge is 0.395 e. The fourth-order valence-corrected chi connectivity index (χ4v) is 2.00. The fourth-order valence-electron chi connectivity index (χ4n) is 2.00. The van der Waals surface area contributed by atoms with Crippen LogP contribution in [0.3, 0.4) is 0 Å². The van der Waals surface area contributed by atoms with Crippen molar-refractivity contribution in [3.05, 3.63) is 22.1 Å². The van der Waals surface area contributed by atoms with Crippen molar-refractivity contribution >= 4 is 11.7 Å². The number of nitrogens with zero attached hydrogens (tertiary/aromatic N) is 3. The number of primary amides is 1. The summed E-state index contributed by atoms with van der Waals surface area (Å²) in [5.41, 5.74) is 4.41. The number of aliphatic hydroxyl groups excluding tert-OH is 2. The molecule has 1 aromatic rings. The van der Waals surface area contributed by atoms with E-state index in [4.69, 9.17) is 15.6 Å². The number of aliphatic hydroxyl groups is 2. The zero-order chi connectivity index (χ0) is 15.0. The van der Waals surface area contributed by atoms with Gasteiger partial charge in [0.15, 0.2) is 12.4 Å². The zero-order valence-electron chi connectivity index (χ0n) is 9.92. The zero-order valence-corrected chi connectivity index (χ0v) is 9.92. The lowest BCUT2D eigenvalue weighted by atomic mass is 10.1. The molecule has 2 rings (SSSR count). The van der Waals surface area contributed by atoms with Crippen LogP contribution in [0.2, 0.25) is 0 Å². The van der Waals surface area contributed by atoms with E-state index >= 15 is 0 Å². The van der Waals surface area contributed by atoms with Gasteiger partial charge in [0.25, 0.3) is 5.91 Å². The van der Waals surface area contributed by atoms with Crippen molar-refractivity contribution < 1.29 is 29.1 Å². The predicted molar refractivity (Wildman–Crippen MR) is 59.3 cm³/mol. The van der Waals surface area contributed by atoms with Gasteiger partial charge in [0.1, 0.15) is 12.2 Å². The number of rotatable bonds is 4. The first kappa shape index (κ1) is 14.3. The van der Waals surface area contributed by atoms with Crippen LogP contribution in [0.1, 0.15) is 16.7 Å². The molecule has 10 nitrogen and oxygen atoms in total. The maximum Gasteiger partial charge on any atom is 0.395 e. The second-order valence-corrected chi connectivity index (χ2v) is 4.13. The Morgan fingerprint density at radius 1 is 1.70 bits per heavy atom. The van der Waals surface area contributed by atoms with Crippen molar-refractivity contribution in [2.24, 2.45) is 5.73 Å². The van der Waals surface area contributed by atoms with E-state index in [1.165, 1.54) is 0 Å². The Balaban J connectivity index is 2.44. The van der Waals surface area contributed by atoms with Crippen molar-refractivity contribution in [1.29, 1.82) is 0 Å². The molecule has 1 aliphatic rings. The van der Waals surface area contributed by atoms with Gasteiger partial charge in [-0.1, -0.05) is 0 Å². The summed E-state index contributed by atoms with van der Waals surface area (Å²) in [5.74, 6) is -2.00. The molecular formula is C9H11FN4O6. The van der Waals surface area contributed by atoms with Crippen molar-refractivity contribution in [3.8, 4) is 0 Å². The minimum Gasteiger partial charge on any atom is -0.394 e. The predicted octanol–water partition coefficient (Wildman–Crippen LogP) is -1.52. The Hall–Kier alpha value is -2.11. The van der Waals surface area contributed by atoms with Crippen LogP contribution in [-0.2, 0) is 4.74 Å². The summed E-state index contributed by atoms with van der Waals surface area (Å²) < 4.78 is 19.4. The number of halogens is 1. The molecule has 0 aliphatic carbocycles. The summed E-state index contributed by atoms with van der Waals surface area (Å²) in [5, 5.41) is 29.3. The first-order valence-corrected chi connectivity index (χ1v) is 5.48. The molecule has 0 bridgehead atoms. The third-order valence-electron chi connectivity index (χ3n) is 2.92. The number of carbonyl (C=O) groups is 1. The number of amides is 1. The third-order valence-corrected chi connectivity index (χ3v) is 2.92. The SMILES string of the molecule is NC(=O)c1c([N+](=O)[O-])ncn1C1OC(CO)C(F)C1O. The van der Waals surface area contributed by atoms with Gasteiger partial charge < -0.3 is 30.8 Å². The molecule has 11 heteroatoms. The van der Waals surface area contributed by atoms with E-state index in [0.29, 0.717) is 0 Å². The molecule has 4 unspecified atom stereocenters. The Kier molecular flexibility index (Phi) is 3.65. The van der Waals surface area contributed by atoms with Gasteiger partial charge in [-0.2, -0.15) is 0 Å². The molecular weight excluding hydrogens is 279 g/mol. The fraction of sp³-hybridized carbons (Fsp3) is 0.556. The van der Waals surface area contributed by atoms with E-state index in [2.05, 4.69) is 4.98 Å². The molecule has 0 saturated carbocycles. The van der Waals surface area contributed by atoms with Crippen LogP contribution in [0.5, 0.6) is 0 Å². The normalized spacial score (nSPS) is 29.6. The lowest BCUT2D eigenvalue weighted by Gasteiger charge is -2.16. The van der Waals surface area contributed by atoms with Crippen molar-refractivity contribution in [3.63, 3.8) is 0 Å². The lowest BCUT2D eigenvalue weighted by Crippen LogP contribution is -2.30. The number of ether oxygens (including phenoxy) is 1. The minimum atomic E-state index is -1.91. The van der Waals surface area contributed by atoms with Crippen molar-refractivity contribution in [1.82, 2.24) is 9.55 Å². The molecule has 1 saturated heterocycles. The van der Waals surface area contributed by atoms with Crippen LogP contribution in [0.15, 0.2) is 6.33 Å². The Bertz CT molecular complexity index is 549. The highest BCUT2D eigenvalue weighted by Gasteiger charge is 2.47. The molecule has 1 fully saturated rings. The summed E-state index contributed by atoms with van der Waals surface area (Å²) in [4.78, 5) is 24.4. The molecule has 4 atom stereocenters. The van der Waals surface area contributed by atoms with Crippen LogP contribution >= 0.6 is 0 Å². The maximum atomic E-state index is 13.6. The van der Waals surface area contributed by atoms with Crippen LogP contribution in [0, 0.1) is 10.1 Å². The molecule has 0 radical (unpaired) electrons. The third kappa shape index (κ3) is 2.11. The summed E-state index contributed by atoms with van der Waals surface area (Å²) in [7, 11) is 0. The van der Waals surface area contributed by atoms with Crippen molar-refractivity contribution in [2.45, 2.75) is 24.6 Å². The second-order valence-electron chi connectivity index (χ2n) is 4.13. The lowest BCUT2D eigenvalue weighted by molar-refractivity contribution is -0.389. The highest BCUT2D eigenvalue weighted by molar-refractivity contribution is 5.94. The summed E-state index contributed by atoms with van der Waals surface area (Å²) in [6.07, 6.45) is -5.53. The topological polar surface area (TPSA) is 154 Å². The van der Waals surface area contributed by atoms with Gasteiger partial charge in [-0.25, -0.2) is 4.39 Å². The number of hydrogen-bond acceptors (Lipinski definition) is 7. The molecule has 1 amide bonds. The second kappa shape index (κ2) is 5.11. The molecule has 110 valence electrons. The first-order chi connectivity index (χ1) is 9.38. The van der Waals surface area contributed by atoms with Crippen molar-refractivity contribution in [2.75, 3.05) is 6.61 Å². The van der Waals surface area contributed by atoms with Gasteiger partial charge in [-0.3, -0.25) is 9.36 Å². The van der Waals surface area contributed by atoms with E-state index in [9.17, 15) is 24.4 Å². The molecule has 2 heterocycles. The average Bonchev–Trinajstić information content (AvgIpc) is 2.93. The van der Waals surface area contributed by atoms with E-state index in [1.807, 2.05) is 0 Å². The Morgan fingerprint density at radius 2 is 2.35 bits per heavy atom. The van der Waals surface area contributed by atoms with Gasteiger partial charge >= 0.3 is 5.82 Å². The summed E-state index contributed by atoms with van der Waals surface area (Å²) in [6, 6.07) is 0. The molecule has 0 spiro atoms. The number of alkyl halides is 1. The molecule has 1 aromatic heterocycles. The smallest absolute Gasteiger partial charge is 0.394 e. The Morgan fingerprint density at radius 3 is 2.80 bits per heavy atom.